The van der Waals surface area contributed by atoms with Crippen LogP contribution in [0.4, 0.5) is 5.69 Å². The highest BCUT2D eigenvalue weighted by Crippen LogP contribution is 2.32. The molecule has 0 saturated carbocycles. The first-order valence-corrected chi connectivity index (χ1v) is 10.5. The first-order valence-electron chi connectivity index (χ1n) is 10.5. The van der Waals surface area contributed by atoms with Crippen LogP contribution >= 0.6 is 0 Å². The molecule has 0 unspecified atom stereocenters. The van der Waals surface area contributed by atoms with Crippen molar-refractivity contribution in [1.82, 2.24) is 9.55 Å². The summed E-state index contributed by atoms with van der Waals surface area (Å²) >= 11 is 0. The van der Waals surface area contributed by atoms with Gasteiger partial charge >= 0.3 is 0 Å². The van der Waals surface area contributed by atoms with E-state index in [1.165, 1.54) is 51.5 Å². The molecule has 1 saturated heterocycles. The van der Waals surface area contributed by atoms with Crippen LogP contribution in [0.3, 0.4) is 0 Å². The van der Waals surface area contributed by atoms with E-state index in [0.29, 0.717) is 12.5 Å². The maximum absolute atomic E-state index is 9.15. The summed E-state index contributed by atoms with van der Waals surface area (Å²) in [6.07, 6.45) is 7.10. The van der Waals surface area contributed by atoms with E-state index in [1.54, 1.807) is 0 Å². The fraction of sp³-hybridized carbons (Fsp3) is 0.320. The van der Waals surface area contributed by atoms with E-state index in [-0.39, 0.29) is 0 Å². The molecular formula is C25H27N3O. The molecule has 4 aromatic rings. The van der Waals surface area contributed by atoms with Crippen LogP contribution in [0, 0.1) is 5.92 Å². The number of aryl methyl sites for hydroxylation is 1. The molecule has 1 N–H and O–H groups in total. The predicted octanol–water partition coefficient (Wildman–Crippen LogP) is 4.99. The third-order valence-electron chi connectivity index (χ3n) is 6.53. The van der Waals surface area contributed by atoms with Gasteiger partial charge in [0.1, 0.15) is 0 Å². The number of rotatable bonds is 4. The molecule has 0 spiro atoms. The van der Waals surface area contributed by atoms with Crippen LogP contribution in [0.15, 0.2) is 60.9 Å². The van der Waals surface area contributed by atoms with Gasteiger partial charge in [0.25, 0.3) is 0 Å². The van der Waals surface area contributed by atoms with Gasteiger partial charge in [-0.15, -0.1) is 0 Å². The van der Waals surface area contributed by atoms with Crippen LogP contribution < -0.4 is 4.90 Å². The minimum Gasteiger partial charge on any atom is -0.396 e. The summed E-state index contributed by atoms with van der Waals surface area (Å²) in [5.41, 5.74) is 6.24. The number of aromatic nitrogens is 2. The Morgan fingerprint density at radius 2 is 1.69 bits per heavy atom. The second-order valence-corrected chi connectivity index (χ2v) is 8.17. The third kappa shape index (κ3) is 3.28. The van der Waals surface area contributed by atoms with Gasteiger partial charge in [-0.05, 0) is 60.6 Å². The number of fused-ring (bicyclic) bond motifs is 3. The monoisotopic (exact) mass is 385 g/mol. The smallest absolute Gasteiger partial charge is 0.0519 e. The van der Waals surface area contributed by atoms with Gasteiger partial charge in [-0.2, -0.15) is 0 Å². The Morgan fingerprint density at radius 3 is 2.45 bits per heavy atom. The Bertz CT molecular complexity index is 1140. The first kappa shape index (κ1) is 18.2. The Kier molecular flexibility index (Phi) is 4.72. The van der Waals surface area contributed by atoms with E-state index in [1.807, 2.05) is 12.4 Å². The number of hydrogen-bond donors (Lipinski definition) is 1. The Balaban J connectivity index is 1.41. The molecule has 29 heavy (non-hydrogen) atoms. The van der Waals surface area contributed by atoms with Crippen LogP contribution in [-0.2, 0) is 7.05 Å². The topological polar surface area (TPSA) is 41.3 Å². The minimum atomic E-state index is 0.316. The van der Waals surface area contributed by atoms with Crippen molar-refractivity contribution in [1.29, 1.82) is 0 Å². The van der Waals surface area contributed by atoms with E-state index in [4.69, 9.17) is 5.11 Å². The average Bonchev–Trinajstić information content (AvgIpc) is 3.07. The van der Waals surface area contributed by atoms with Gasteiger partial charge in [-0.25, -0.2) is 0 Å². The van der Waals surface area contributed by atoms with Gasteiger partial charge in [-0.3, -0.25) is 4.98 Å². The first-order chi connectivity index (χ1) is 14.2. The molecule has 0 amide bonds. The van der Waals surface area contributed by atoms with Crippen LogP contribution in [0.25, 0.3) is 32.9 Å². The summed E-state index contributed by atoms with van der Waals surface area (Å²) in [7, 11) is 2.12. The van der Waals surface area contributed by atoms with Crippen molar-refractivity contribution in [2.45, 2.75) is 19.3 Å². The highest BCUT2D eigenvalue weighted by Gasteiger charge is 2.19. The minimum absolute atomic E-state index is 0.316. The highest BCUT2D eigenvalue weighted by atomic mass is 16.3. The molecule has 1 aliphatic heterocycles. The number of aliphatic hydroxyl groups excluding tert-OH is 1. The van der Waals surface area contributed by atoms with Gasteiger partial charge in [0.05, 0.1) is 5.52 Å². The zero-order valence-corrected chi connectivity index (χ0v) is 16.9. The summed E-state index contributed by atoms with van der Waals surface area (Å²) in [5, 5.41) is 11.6. The summed E-state index contributed by atoms with van der Waals surface area (Å²) in [4.78, 5) is 6.77. The summed E-state index contributed by atoms with van der Waals surface area (Å²) in [6, 6.07) is 17.8. The molecule has 4 heteroatoms. The highest BCUT2D eigenvalue weighted by molar-refractivity contribution is 6.08. The number of benzene rings is 2. The number of nitrogens with zero attached hydrogens (tertiary/aromatic N) is 3. The molecule has 0 bridgehead atoms. The van der Waals surface area contributed by atoms with Gasteiger partial charge in [0, 0.05) is 61.1 Å². The van der Waals surface area contributed by atoms with Crippen LogP contribution in [-0.4, -0.2) is 34.4 Å². The number of aliphatic hydroxyl groups is 1. The van der Waals surface area contributed by atoms with E-state index >= 15 is 0 Å². The number of piperidine rings is 1. The molecular weight excluding hydrogens is 358 g/mol. The van der Waals surface area contributed by atoms with Gasteiger partial charge in [0.15, 0.2) is 0 Å². The molecule has 148 valence electrons. The second-order valence-electron chi connectivity index (χ2n) is 8.17. The van der Waals surface area contributed by atoms with E-state index in [9.17, 15) is 0 Å². The molecule has 1 fully saturated rings. The van der Waals surface area contributed by atoms with Crippen molar-refractivity contribution in [3.05, 3.63) is 60.9 Å². The SMILES string of the molecule is Cn1c2ccncc2c2ccc(-c3ccc(N4CCC(CCO)CC4)cc3)cc21. The van der Waals surface area contributed by atoms with Gasteiger partial charge < -0.3 is 14.6 Å². The predicted molar refractivity (Wildman–Crippen MR) is 120 cm³/mol. The molecule has 0 radical (unpaired) electrons. The lowest BCUT2D eigenvalue weighted by Crippen LogP contribution is -2.33. The third-order valence-corrected chi connectivity index (χ3v) is 6.53. The van der Waals surface area contributed by atoms with Crippen LogP contribution in [0.5, 0.6) is 0 Å². The maximum Gasteiger partial charge on any atom is 0.0519 e. The van der Waals surface area contributed by atoms with Crippen molar-refractivity contribution in [2.75, 3.05) is 24.6 Å². The van der Waals surface area contributed by atoms with Gasteiger partial charge in [0.2, 0.25) is 0 Å². The van der Waals surface area contributed by atoms with Crippen molar-refractivity contribution in [3.63, 3.8) is 0 Å². The van der Waals surface area contributed by atoms with Crippen molar-refractivity contribution in [3.8, 4) is 11.1 Å². The van der Waals surface area contributed by atoms with Crippen molar-refractivity contribution >= 4 is 27.5 Å². The Hall–Kier alpha value is -2.85. The lowest BCUT2D eigenvalue weighted by molar-refractivity contribution is 0.240. The molecule has 0 atom stereocenters. The fourth-order valence-corrected chi connectivity index (χ4v) is 4.76. The van der Waals surface area contributed by atoms with E-state index in [0.717, 1.165) is 19.5 Å². The number of pyridine rings is 1. The largest absolute Gasteiger partial charge is 0.396 e. The van der Waals surface area contributed by atoms with E-state index in [2.05, 4.69) is 70.0 Å². The van der Waals surface area contributed by atoms with Crippen LogP contribution in [0.2, 0.25) is 0 Å². The Labute approximate surface area is 171 Å². The molecule has 5 rings (SSSR count). The molecule has 2 aromatic carbocycles. The molecule has 3 heterocycles. The normalized spacial score (nSPS) is 15.4. The van der Waals surface area contributed by atoms with Crippen molar-refractivity contribution in [2.24, 2.45) is 13.0 Å². The summed E-state index contributed by atoms with van der Waals surface area (Å²) in [5.74, 6) is 0.679. The average molecular weight is 386 g/mol. The summed E-state index contributed by atoms with van der Waals surface area (Å²) < 4.78 is 2.25. The quantitative estimate of drug-likeness (QED) is 0.538. The standard InChI is InChI=1S/C25H27N3O/c1-27-24-8-12-26-17-23(24)22-7-4-20(16-25(22)27)19-2-5-21(6-3-19)28-13-9-18(10-14-28)11-15-29/h2-8,12,16-18,29H,9-11,13-15H2,1H3. The summed E-state index contributed by atoms with van der Waals surface area (Å²) in [6.45, 7) is 2.48. The number of anilines is 1. The molecule has 4 nitrogen and oxygen atoms in total. The Morgan fingerprint density at radius 1 is 0.931 bits per heavy atom. The zero-order valence-electron chi connectivity index (χ0n) is 16.9. The van der Waals surface area contributed by atoms with Gasteiger partial charge in [-0.1, -0.05) is 24.3 Å². The molecule has 0 aliphatic carbocycles. The second kappa shape index (κ2) is 7.53. The van der Waals surface area contributed by atoms with Crippen molar-refractivity contribution < 1.29 is 5.11 Å². The van der Waals surface area contributed by atoms with Crippen LogP contribution in [0.1, 0.15) is 19.3 Å². The molecule has 1 aliphatic rings. The zero-order chi connectivity index (χ0) is 19.8. The molecule has 2 aromatic heterocycles. The fourth-order valence-electron chi connectivity index (χ4n) is 4.76. The number of hydrogen-bond acceptors (Lipinski definition) is 3. The lowest BCUT2D eigenvalue weighted by atomic mass is 9.93. The lowest BCUT2D eigenvalue weighted by Gasteiger charge is -2.33. The maximum atomic E-state index is 9.15. The van der Waals surface area contributed by atoms with E-state index < -0.39 is 0 Å².